The molecule has 4 heteroatoms. The van der Waals surface area contributed by atoms with Gasteiger partial charge in [0, 0.05) is 52.0 Å². The molecule has 1 saturated carbocycles. The van der Waals surface area contributed by atoms with E-state index in [0.717, 1.165) is 50.7 Å². The van der Waals surface area contributed by atoms with Gasteiger partial charge in [-0.1, -0.05) is 20.3 Å². The van der Waals surface area contributed by atoms with Crippen molar-refractivity contribution in [1.82, 2.24) is 10.2 Å². The summed E-state index contributed by atoms with van der Waals surface area (Å²) < 4.78 is 10.8. The Kier molecular flexibility index (Phi) is 7.44. The Morgan fingerprint density at radius 2 is 2.05 bits per heavy atom. The molecule has 2 aliphatic rings. The molecule has 0 radical (unpaired) electrons. The van der Waals surface area contributed by atoms with Crippen molar-refractivity contribution < 1.29 is 9.47 Å². The van der Waals surface area contributed by atoms with Gasteiger partial charge in [0.15, 0.2) is 0 Å². The highest BCUT2D eigenvalue weighted by atomic mass is 16.5. The molecule has 1 saturated heterocycles. The summed E-state index contributed by atoms with van der Waals surface area (Å²) in [7, 11) is 1.75. The first kappa shape index (κ1) is 17.2. The molecule has 4 nitrogen and oxygen atoms in total. The van der Waals surface area contributed by atoms with Crippen LogP contribution < -0.4 is 5.32 Å². The molecule has 1 N–H and O–H groups in total. The van der Waals surface area contributed by atoms with E-state index in [4.69, 9.17) is 9.47 Å². The van der Waals surface area contributed by atoms with Crippen LogP contribution in [0.1, 0.15) is 39.5 Å². The van der Waals surface area contributed by atoms with Crippen LogP contribution in [-0.2, 0) is 9.47 Å². The smallest absolute Gasteiger partial charge is 0.0593 e. The highest BCUT2D eigenvalue weighted by Crippen LogP contribution is 2.36. The second kappa shape index (κ2) is 9.09. The zero-order valence-corrected chi connectivity index (χ0v) is 14.1. The summed E-state index contributed by atoms with van der Waals surface area (Å²) in [5, 5.41) is 3.79. The summed E-state index contributed by atoms with van der Waals surface area (Å²) in [4.78, 5) is 2.70. The third-order valence-corrected chi connectivity index (χ3v) is 5.15. The van der Waals surface area contributed by atoms with E-state index >= 15 is 0 Å². The lowest BCUT2D eigenvalue weighted by Crippen LogP contribution is -2.59. The van der Waals surface area contributed by atoms with Crippen LogP contribution in [0.3, 0.4) is 0 Å². The van der Waals surface area contributed by atoms with Gasteiger partial charge in [-0.25, -0.2) is 0 Å². The van der Waals surface area contributed by atoms with E-state index in [0.29, 0.717) is 6.04 Å². The van der Waals surface area contributed by atoms with Gasteiger partial charge < -0.3 is 14.8 Å². The van der Waals surface area contributed by atoms with Gasteiger partial charge in [0.05, 0.1) is 6.61 Å². The first-order valence-electron chi connectivity index (χ1n) is 8.80. The number of nitrogens with zero attached hydrogens (tertiary/aromatic N) is 1. The van der Waals surface area contributed by atoms with Crippen molar-refractivity contribution in [3.63, 3.8) is 0 Å². The van der Waals surface area contributed by atoms with E-state index in [1.807, 2.05) is 0 Å². The topological polar surface area (TPSA) is 33.7 Å². The lowest BCUT2D eigenvalue weighted by atomic mass is 9.94. The Labute approximate surface area is 130 Å². The number of nitrogens with one attached hydrogen (secondary N) is 1. The Morgan fingerprint density at radius 1 is 1.24 bits per heavy atom. The molecule has 1 aliphatic heterocycles. The molecule has 21 heavy (non-hydrogen) atoms. The fraction of sp³-hybridized carbons (Fsp3) is 1.00. The summed E-state index contributed by atoms with van der Waals surface area (Å²) in [5.41, 5.74) is 0. The molecule has 124 valence electrons. The molecule has 2 fully saturated rings. The molecule has 1 heterocycles. The molecule has 3 unspecified atom stereocenters. The minimum absolute atomic E-state index is 0.651. The van der Waals surface area contributed by atoms with Crippen molar-refractivity contribution in [2.24, 2.45) is 11.8 Å². The van der Waals surface area contributed by atoms with Crippen LogP contribution >= 0.6 is 0 Å². The molecular formula is C17H34N2O2. The highest BCUT2D eigenvalue weighted by molar-refractivity contribution is 4.95. The molecule has 0 aromatic rings. The standard InChI is InChI=1S/C17H34N2O2/c1-4-14(2)16-13-19(8-11-21-10-5-9-20-3)17(12-18-16)15-6-7-15/h14-18H,4-13H2,1-3H3. The molecular weight excluding hydrogens is 264 g/mol. The number of hydrogen-bond donors (Lipinski definition) is 1. The molecule has 0 bridgehead atoms. The maximum absolute atomic E-state index is 5.77. The fourth-order valence-corrected chi connectivity index (χ4v) is 3.31. The zero-order valence-electron chi connectivity index (χ0n) is 14.1. The predicted molar refractivity (Wildman–Crippen MR) is 86.6 cm³/mol. The fourth-order valence-electron chi connectivity index (χ4n) is 3.31. The molecule has 0 aromatic heterocycles. The number of rotatable bonds is 10. The van der Waals surface area contributed by atoms with E-state index in [9.17, 15) is 0 Å². The van der Waals surface area contributed by atoms with Gasteiger partial charge in [-0.3, -0.25) is 4.90 Å². The Balaban J connectivity index is 1.72. The summed E-state index contributed by atoms with van der Waals surface area (Å²) >= 11 is 0. The van der Waals surface area contributed by atoms with Gasteiger partial charge in [0.1, 0.15) is 0 Å². The lowest BCUT2D eigenvalue weighted by Gasteiger charge is -2.42. The average molecular weight is 298 g/mol. The monoisotopic (exact) mass is 298 g/mol. The van der Waals surface area contributed by atoms with Crippen LogP contribution in [0, 0.1) is 11.8 Å². The van der Waals surface area contributed by atoms with Crippen LogP contribution in [0.5, 0.6) is 0 Å². The van der Waals surface area contributed by atoms with E-state index in [1.54, 1.807) is 7.11 Å². The molecule has 0 aromatic carbocycles. The second-order valence-corrected chi connectivity index (χ2v) is 6.76. The largest absolute Gasteiger partial charge is 0.385 e. The molecule has 0 spiro atoms. The quantitative estimate of drug-likeness (QED) is 0.627. The first-order valence-corrected chi connectivity index (χ1v) is 8.80. The Hall–Kier alpha value is -0.160. The van der Waals surface area contributed by atoms with E-state index in [2.05, 4.69) is 24.1 Å². The number of methoxy groups -OCH3 is 1. The van der Waals surface area contributed by atoms with Crippen molar-refractivity contribution in [3.8, 4) is 0 Å². The average Bonchev–Trinajstić information content (AvgIpc) is 3.34. The molecule has 1 aliphatic carbocycles. The normalized spacial score (nSPS) is 28.7. The maximum atomic E-state index is 5.77. The van der Waals surface area contributed by atoms with Gasteiger partial charge in [-0.05, 0) is 31.1 Å². The Bertz CT molecular complexity index is 284. The van der Waals surface area contributed by atoms with Gasteiger partial charge >= 0.3 is 0 Å². The first-order chi connectivity index (χ1) is 10.3. The predicted octanol–water partition coefficient (Wildman–Crippen LogP) is 2.14. The van der Waals surface area contributed by atoms with E-state index in [-0.39, 0.29) is 0 Å². The minimum Gasteiger partial charge on any atom is -0.385 e. The number of hydrogen-bond acceptors (Lipinski definition) is 4. The molecule has 2 rings (SSSR count). The minimum atomic E-state index is 0.651. The van der Waals surface area contributed by atoms with Crippen molar-refractivity contribution in [3.05, 3.63) is 0 Å². The van der Waals surface area contributed by atoms with E-state index in [1.165, 1.54) is 32.4 Å². The summed E-state index contributed by atoms with van der Waals surface area (Å²) in [6, 6.07) is 1.39. The van der Waals surface area contributed by atoms with Crippen LogP contribution in [0.15, 0.2) is 0 Å². The van der Waals surface area contributed by atoms with E-state index < -0.39 is 0 Å². The van der Waals surface area contributed by atoms with Gasteiger partial charge in [-0.15, -0.1) is 0 Å². The van der Waals surface area contributed by atoms with Crippen molar-refractivity contribution in [2.75, 3.05) is 46.6 Å². The third-order valence-electron chi connectivity index (χ3n) is 5.15. The van der Waals surface area contributed by atoms with Crippen LogP contribution in [0.4, 0.5) is 0 Å². The summed E-state index contributed by atoms with van der Waals surface area (Å²) in [6.07, 6.45) is 5.10. The zero-order chi connectivity index (χ0) is 15.1. The summed E-state index contributed by atoms with van der Waals surface area (Å²) in [5.74, 6) is 1.69. The molecule has 0 amide bonds. The van der Waals surface area contributed by atoms with Gasteiger partial charge in [-0.2, -0.15) is 0 Å². The van der Waals surface area contributed by atoms with Crippen LogP contribution in [0.25, 0.3) is 0 Å². The maximum Gasteiger partial charge on any atom is 0.0593 e. The second-order valence-electron chi connectivity index (χ2n) is 6.76. The molecule has 3 atom stereocenters. The van der Waals surface area contributed by atoms with Crippen LogP contribution in [0.2, 0.25) is 0 Å². The number of piperazine rings is 1. The summed E-state index contributed by atoms with van der Waals surface area (Å²) in [6.45, 7) is 10.6. The Morgan fingerprint density at radius 3 is 2.71 bits per heavy atom. The van der Waals surface area contributed by atoms with Crippen molar-refractivity contribution >= 4 is 0 Å². The number of ether oxygens (including phenoxy) is 2. The van der Waals surface area contributed by atoms with Crippen LogP contribution in [-0.4, -0.2) is 63.5 Å². The highest BCUT2D eigenvalue weighted by Gasteiger charge is 2.39. The van der Waals surface area contributed by atoms with Crippen molar-refractivity contribution in [2.45, 2.75) is 51.6 Å². The van der Waals surface area contributed by atoms with Crippen molar-refractivity contribution in [1.29, 1.82) is 0 Å². The van der Waals surface area contributed by atoms with Gasteiger partial charge in [0.25, 0.3) is 0 Å². The SMILES string of the molecule is CCC(C)C1CN(CCOCCCOC)C(C2CC2)CN1. The van der Waals surface area contributed by atoms with Gasteiger partial charge in [0.2, 0.25) is 0 Å². The lowest BCUT2D eigenvalue weighted by molar-refractivity contribution is 0.0440. The third kappa shape index (κ3) is 5.51.